The zero-order valence-corrected chi connectivity index (χ0v) is 15.6. The topological polar surface area (TPSA) is 57.6 Å². The first kappa shape index (κ1) is 17.5. The van der Waals surface area contributed by atoms with E-state index in [0.29, 0.717) is 14.9 Å². The highest BCUT2D eigenvalue weighted by molar-refractivity contribution is 8.27. The second kappa shape index (κ2) is 6.98. The lowest BCUT2D eigenvalue weighted by Gasteiger charge is -2.14. The van der Waals surface area contributed by atoms with Crippen LogP contribution in [0.15, 0.2) is 71.6 Å². The Labute approximate surface area is 165 Å². The number of amides is 1. The highest BCUT2D eigenvalue weighted by Crippen LogP contribution is 2.37. The molecule has 0 saturated carbocycles. The first-order chi connectivity index (χ1) is 13.0. The molecule has 6 heteroatoms. The summed E-state index contributed by atoms with van der Waals surface area (Å²) >= 11 is 6.59. The van der Waals surface area contributed by atoms with Gasteiger partial charge < -0.3 is 5.11 Å². The number of hydrogen-bond donors (Lipinski definition) is 1. The molecule has 4 nitrogen and oxygen atoms in total. The van der Waals surface area contributed by atoms with Gasteiger partial charge in [0.05, 0.1) is 16.2 Å². The van der Waals surface area contributed by atoms with Crippen molar-refractivity contribution in [2.75, 3.05) is 4.90 Å². The Morgan fingerprint density at radius 1 is 1.04 bits per heavy atom. The average Bonchev–Trinajstić information content (AvgIpc) is 2.95. The highest BCUT2D eigenvalue weighted by atomic mass is 32.2. The van der Waals surface area contributed by atoms with Crippen LogP contribution in [0.1, 0.15) is 15.9 Å². The molecule has 0 aromatic heterocycles. The first-order valence-electron chi connectivity index (χ1n) is 8.14. The summed E-state index contributed by atoms with van der Waals surface area (Å²) < 4.78 is 0.383. The molecule has 0 radical (unpaired) electrons. The maximum absolute atomic E-state index is 12.9. The van der Waals surface area contributed by atoms with Crippen molar-refractivity contribution in [3.8, 4) is 0 Å². The van der Waals surface area contributed by atoms with Crippen molar-refractivity contribution in [1.82, 2.24) is 0 Å². The number of thiocarbonyl (C=S) groups is 1. The van der Waals surface area contributed by atoms with E-state index in [1.165, 1.54) is 28.8 Å². The average molecular weight is 391 g/mol. The van der Waals surface area contributed by atoms with E-state index in [1.54, 1.807) is 12.1 Å². The zero-order chi connectivity index (χ0) is 19.0. The van der Waals surface area contributed by atoms with Gasteiger partial charge in [-0.25, -0.2) is 4.79 Å². The van der Waals surface area contributed by atoms with Gasteiger partial charge in [0.1, 0.15) is 0 Å². The lowest BCUT2D eigenvalue weighted by atomic mass is 10.0. The third-order valence-corrected chi connectivity index (χ3v) is 5.56. The molecular formula is C21H13NO3S2. The Morgan fingerprint density at radius 3 is 2.59 bits per heavy atom. The predicted molar refractivity (Wildman–Crippen MR) is 113 cm³/mol. The van der Waals surface area contributed by atoms with Crippen molar-refractivity contribution < 1.29 is 14.7 Å². The summed E-state index contributed by atoms with van der Waals surface area (Å²) in [4.78, 5) is 26.0. The Bertz CT molecular complexity index is 1130. The summed E-state index contributed by atoms with van der Waals surface area (Å²) in [6.45, 7) is 0. The normalized spacial score (nSPS) is 15.7. The lowest BCUT2D eigenvalue weighted by Crippen LogP contribution is -2.27. The molecule has 1 fully saturated rings. The Hall–Kier alpha value is -2.96. The van der Waals surface area contributed by atoms with Crippen molar-refractivity contribution in [3.63, 3.8) is 0 Å². The number of benzene rings is 3. The molecule has 3 aromatic rings. The molecule has 0 aliphatic carbocycles. The summed E-state index contributed by atoms with van der Waals surface area (Å²) in [7, 11) is 0. The number of carbonyl (C=O) groups is 2. The number of anilines is 1. The van der Waals surface area contributed by atoms with E-state index in [1.807, 2.05) is 48.5 Å². The second-order valence-corrected chi connectivity index (χ2v) is 7.62. The molecule has 1 N–H and O–H groups in total. The molecule has 0 spiro atoms. The molecule has 0 bridgehead atoms. The molecule has 1 aliphatic rings. The highest BCUT2D eigenvalue weighted by Gasteiger charge is 2.33. The van der Waals surface area contributed by atoms with E-state index < -0.39 is 5.97 Å². The minimum atomic E-state index is -1.05. The molecular weight excluding hydrogens is 378 g/mol. The van der Waals surface area contributed by atoms with Gasteiger partial charge in [-0.3, -0.25) is 9.69 Å². The van der Waals surface area contributed by atoms with Gasteiger partial charge in [-0.05, 0) is 40.6 Å². The Balaban J connectivity index is 1.74. The Kier molecular flexibility index (Phi) is 4.51. The van der Waals surface area contributed by atoms with E-state index in [9.17, 15) is 14.7 Å². The summed E-state index contributed by atoms with van der Waals surface area (Å²) in [6.07, 6.45) is 1.84. The standard InChI is InChI=1S/C21H13NO3S2/c23-19-18(12-14-7-3-6-13-5-1-2-10-17(13)14)27-21(26)22(19)16-9-4-8-15(11-16)20(24)25/h1-12H,(H,24,25)/b18-12+. The van der Waals surface area contributed by atoms with Gasteiger partial charge in [-0.15, -0.1) is 0 Å². The third kappa shape index (κ3) is 3.25. The van der Waals surface area contributed by atoms with E-state index >= 15 is 0 Å². The summed E-state index contributed by atoms with van der Waals surface area (Å²) in [5, 5.41) is 11.3. The van der Waals surface area contributed by atoms with Crippen LogP contribution in [-0.4, -0.2) is 21.3 Å². The van der Waals surface area contributed by atoms with Crippen LogP contribution >= 0.6 is 24.0 Å². The van der Waals surface area contributed by atoms with Crippen LogP contribution in [0.4, 0.5) is 5.69 Å². The van der Waals surface area contributed by atoms with Crippen LogP contribution in [0.5, 0.6) is 0 Å². The Morgan fingerprint density at radius 2 is 1.78 bits per heavy atom. The SMILES string of the molecule is O=C(O)c1cccc(N2C(=O)/C(=C\c3cccc4ccccc34)SC2=S)c1. The molecule has 0 atom stereocenters. The number of hydrogen-bond acceptors (Lipinski definition) is 4. The minimum absolute atomic E-state index is 0.111. The fourth-order valence-electron chi connectivity index (χ4n) is 2.99. The quantitative estimate of drug-likeness (QED) is 0.506. The molecule has 4 rings (SSSR count). The molecule has 1 amide bonds. The van der Waals surface area contributed by atoms with Crippen molar-refractivity contribution in [3.05, 3.63) is 82.8 Å². The van der Waals surface area contributed by atoms with Crippen molar-refractivity contribution in [2.24, 2.45) is 0 Å². The number of nitrogens with zero attached hydrogens (tertiary/aromatic N) is 1. The van der Waals surface area contributed by atoms with Crippen LogP contribution < -0.4 is 4.90 Å². The number of fused-ring (bicyclic) bond motifs is 1. The van der Waals surface area contributed by atoms with Gasteiger partial charge >= 0.3 is 5.97 Å². The van der Waals surface area contributed by atoms with E-state index in [2.05, 4.69) is 0 Å². The smallest absolute Gasteiger partial charge is 0.335 e. The number of carboxylic acids is 1. The fraction of sp³-hybridized carbons (Fsp3) is 0. The number of aromatic carboxylic acids is 1. The van der Waals surface area contributed by atoms with Gasteiger partial charge in [0.2, 0.25) is 0 Å². The fourth-order valence-corrected chi connectivity index (χ4v) is 4.28. The van der Waals surface area contributed by atoms with Crippen molar-refractivity contribution >= 4 is 62.7 Å². The third-order valence-electron chi connectivity index (χ3n) is 4.25. The van der Waals surface area contributed by atoms with E-state index in [-0.39, 0.29) is 11.5 Å². The number of carbonyl (C=O) groups excluding carboxylic acids is 1. The van der Waals surface area contributed by atoms with Crippen LogP contribution in [0.25, 0.3) is 16.8 Å². The summed E-state index contributed by atoms with van der Waals surface area (Å²) in [6, 6.07) is 20.1. The second-order valence-electron chi connectivity index (χ2n) is 5.94. The van der Waals surface area contributed by atoms with Crippen LogP contribution in [-0.2, 0) is 4.79 Å². The molecule has 3 aromatic carbocycles. The van der Waals surface area contributed by atoms with E-state index in [0.717, 1.165) is 16.3 Å². The van der Waals surface area contributed by atoms with Crippen molar-refractivity contribution in [1.29, 1.82) is 0 Å². The van der Waals surface area contributed by atoms with Crippen LogP contribution in [0.2, 0.25) is 0 Å². The van der Waals surface area contributed by atoms with E-state index in [4.69, 9.17) is 12.2 Å². The number of rotatable bonds is 3. The number of thioether (sulfide) groups is 1. The summed E-state index contributed by atoms with van der Waals surface area (Å²) in [5.41, 5.74) is 1.51. The summed E-state index contributed by atoms with van der Waals surface area (Å²) in [5.74, 6) is -1.30. The molecule has 1 aliphatic heterocycles. The maximum Gasteiger partial charge on any atom is 0.335 e. The molecule has 27 heavy (non-hydrogen) atoms. The molecule has 1 heterocycles. The molecule has 1 saturated heterocycles. The monoisotopic (exact) mass is 391 g/mol. The van der Waals surface area contributed by atoms with Gasteiger partial charge in [0, 0.05) is 0 Å². The maximum atomic E-state index is 12.9. The predicted octanol–water partition coefficient (Wildman–Crippen LogP) is 4.94. The van der Waals surface area contributed by atoms with Gasteiger partial charge in [0.15, 0.2) is 4.32 Å². The van der Waals surface area contributed by atoms with Gasteiger partial charge in [-0.1, -0.05) is 72.5 Å². The van der Waals surface area contributed by atoms with Crippen LogP contribution in [0.3, 0.4) is 0 Å². The zero-order valence-electron chi connectivity index (χ0n) is 14.0. The molecule has 0 unspecified atom stereocenters. The number of carboxylic acid groups (broad SMARTS) is 1. The van der Waals surface area contributed by atoms with Crippen LogP contribution in [0, 0.1) is 0 Å². The molecule has 132 valence electrons. The lowest BCUT2D eigenvalue weighted by molar-refractivity contribution is -0.113. The van der Waals surface area contributed by atoms with Crippen molar-refractivity contribution in [2.45, 2.75) is 0 Å². The minimum Gasteiger partial charge on any atom is -0.478 e. The van der Waals surface area contributed by atoms with Gasteiger partial charge in [-0.2, -0.15) is 0 Å². The van der Waals surface area contributed by atoms with Gasteiger partial charge in [0.25, 0.3) is 5.91 Å². The first-order valence-corrected chi connectivity index (χ1v) is 9.36. The largest absolute Gasteiger partial charge is 0.478 e.